The normalized spacial score (nSPS) is 11.0. The van der Waals surface area contributed by atoms with E-state index in [0.717, 1.165) is 6.42 Å². The lowest BCUT2D eigenvalue weighted by atomic mass is 10.0. The summed E-state index contributed by atoms with van der Waals surface area (Å²) in [7, 11) is -4.64. The summed E-state index contributed by atoms with van der Waals surface area (Å²) in [5.74, 6) is 0.158. The van der Waals surface area contributed by atoms with Gasteiger partial charge in [-0.3, -0.25) is 4.79 Å². The van der Waals surface area contributed by atoms with Gasteiger partial charge in [-0.05, 0) is 6.42 Å². The minimum Gasteiger partial charge on any atom is -0.355 e. The maximum Gasteiger partial charge on any atom is 0.466 e. The fourth-order valence-electron chi connectivity index (χ4n) is 2.96. The van der Waals surface area contributed by atoms with Crippen LogP contribution in [0.3, 0.4) is 0 Å². The van der Waals surface area contributed by atoms with Gasteiger partial charge in [0.1, 0.15) is 0 Å². The second-order valence-corrected chi connectivity index (χ2v) is 8.38. The van der Waals surface area contributed by atoms with Gasteiger partial charge in [0.25, 0.3) is 0 Å². The number of phosphoric acid groups is 1. The van der Waals surface area contributed by atoms with E-state index in [2.05, 4.69) is 12.2 Å². The van der Waals surface area contributed by atoms with Gasteiger partial charge in [-0.2, -0.15) is 0 Å². The minimum absolute atomic E-state index is 0.158. The number of unbranched alkanes of at least 4 members (excludes halogenated alkanes) is 14. The molecule has 0 bridgehead atoms. The largest absolute Gasteiger partial charge is 0.466 e. The zero-order chi connectivity index (χ0) is 21.5. The Bertz CT molecular complexity index is 369. The highest BCUT2D eigenvalue weighted by molar-refractivity contribution is 7.45. The third kappa shape index (κ3) is 36.5. The molecule has 0 aliphatic heterocycles. The standard InChI is InChI=1S/C20H42N2O.H3O4P/c1-2-3-4-5-6-7-8-9-10-11-12-13-14-15-16-17-20(23)22-19-18-21;1-5(2,3)4/h2-19,21H2,1H3,(H,22,23);(H3,1,2,3,4). The molecule has 8 heteroatoms. The van der Waals surface area contributed by atoms with Gasteiger partial charge in [0, 0.05) is 19.5 Å². The van der Waals surface area contributed by atoms with Gasteiger partial charge in [-0.25, -0.2) is 4.57 Å². The number of rotatable bonds is 18. The number of carbonyl (C=O) groups is 1. The quantitative estimate of drug-likeness (QED) is 0.164. The fourth-order valence-corrected chi connectivity index (χ4v) is 2.96. The first-order chi connectivity index (χ1) is 13.3. The molecule has 6 N–H and O–H groups in total. The Balaban J connectivity index is 0. The summed E-state index contributed by atoms with van der Waals surface area (Å²) < 4.78 is 8.88. The molecule has 0 aliphatic rings. The summed E-state index contributed by atoms with van der Waals surface area (Å²) in [5.41, 5.74) is 5.35. The van der Waals surface area contributed by atoms with Crippen molar-refractivity contribution in [3.8, 4) is 0 Å². The first kappa shape index (κ1) is 29.7. The van der Waals surface area contributed by atoms with E-state index >= 15 is 0 Å². The number of nitrogens with one attached hydrogen (secondary N) is 1. The van der Waals surface area contributed by atoms with Gasteiger partial charge >= 0.3 is 7.82 Å². The molecular formula is C20H45N2O5P. The highest BCUT2D eigenvalue weighted by atomic mass is 31.2. The Morgan fingerprint density at radius 1 is 0.750 bits per heavy atom. The average Bonchev–Trinajstić information content (AvgIpc) is 2.61. The van der Waals surface area contributed by atoms with Gasteiger partial charge in [0.15, 0.2) is 0 Å². The van der Waals surface area contributed by atoms with Gasteiger partial charge in [-0.15, -0.1) is 0 Å². The van der Waals surface area contributed by atoms with Crippen LogP contribution in [0.1, 0.15) is 110 Å². The zero-order valence-corrected chi connectivity index (χ0v) is 18.8. The number of amides is 1. The van der Waals surface area contributed by atoms with Gasteiger partial charge in [0.2, 0.25) is 5.91 Å². The Morgan fingerprint density at radius 3 is 1.39 bits per heavy atom. The molecule has 0 unspecified atom stereocenters. The molecule has 0 rings (SSSR count). The van der Waals surface area contributed by atoms with Crippen LogP contribution in [-0.2, 0) is 9.36 Å². The van der Waals surface area contributed by atoms with Crippen LogP contribution in [-0.4, -0.2) is 33.7 Å². The smallest absolute Gasteiger partial charge is 0.355 e. The predicted molar refractivity (Wildman–Crippen MR) is 116 cm³/mol. The molecule has 0 aromatic carbocycles. The Labute approximate surface area is 172 Å². The van der Waals surface area contributed by atoms with Crippen LogP contribution < -0.4 is 11.1 Å². The molecule has 0 aliphatic carbocycles. The lowest BCUT2D eigenvalue weighted by Gasteiger charge is -2.04. The van der Waals surface area contributed by atoms with Crippen LogP contribution in [0.15, 0.2) is 0 Å². The van der Waals surface area contributed by atoms with Crippen molar-refractivity contribution in [2.75, 3.05) is 13.1 Å². The molecule has 0 saturated carbocycles. The first-order valence-electron chi connectivity index (χ1n) is 11.1. The van der Waals surface area contributed by atoms with E-state index in [-0.39, 0.29) is 5.91 Å². The lowest BCUT2D eigenvalue weighted by Crippen LogP contribution is -2.28. The molecule has 0 radical (unpaired) electrons. The third-order valence-corrected chi connectivity index (χ3v) is 4.47. The van der Waals surface area contributed by atoms with Gasteiger partial charge < -0.3 is 25.7 Å². The summed E-state index contributed by atoms with van der Waals surface area (Å²) in [4.78, 5) is 32.9. The van der Waals surface area contributed by atoms with Crippen molar-refractivity contribution < 1.29 is 24.0 Å². The van der Waals surface area contributed by atoms with E-state index in [1.54, 1.807) is 0 Å². The highest BCUT2D eigenvalue weighted by Gasteiger charge is 2.00. The molecule has 1 amide bonds. The topological polar surface area (TPSA) is 133 Å². The van der Waals surface area contributed by atoms with Crippen LogP contribution in [0.25, 0.3) is 0 Å². The van der Waals surface area contributed by atoms with Crippen molar-refractivity contribution in [2.24, 2.45) is 5.73 Å². The second kappa shape index (κ2) is 22.8. The van der Waals surface area contributed by atoms with E-state index in [0.29, 0.717) is 19.5 Å². The van der Waals surface area contributed by atoms with E-state index in [1.807, 2.05) is 0 Å². The molecule has 0 atom stereocenters. The number of carbonyl (C=O) groups excluding carboxylic acids is 1. The number of hydrogen-bond acceptors (Lipinski definition) is 3. The highest BCUT2D eigenvalue weighted by Crippen LogP contribution is 2.25. The molecule has 0 saturated heterocycles. The summed E-state index contributed by atoms with van der Waals surface area (Å²) in [6.07, 6.45) is 21.1. The number of nitrogens with two attached hydrogens (primary N) is 1. The summed E-state index contributed by atoms with van der Waals surface area (Å²) in [6, 6.07) is 0. The van der Waals surface area contributed by atoms with Crippen molar-refractivity contribution in [3.63, 3.8) is 0 Å². The van der Waals surface area contributed by atoms with Crippen molar-refractivity contribution >= 4 is 13.7 Å². The molecule has 0 heterocycles. The van der Waals surface area contributed by atoms with Crippen molar-refractivity contribution in [1.29, 1.82) is 0 Å². The Kier molecular flexibility index (Phi) is 24.2. The van der Waals surface area contributed by atoms with E-state index in [9.17, 15) is 4.79 Å². The second-order valence-electron chi connectivity index (χ2n) is 7.35. The Morgan fingerprint density at radius 2 is 1.07 bits per heavy atom. The van der Waals surface area contributed by atoms with Gasteiger partial charge in [0.05, 0.1) is 0 Å². The minimum atomic E-state index is -4.64. The summed E-state index contributed by atoms with van der Waals surface area (Å²) >= 11 is 0. The van der Waals surface area contributed by atoms with Crippen molar-refractivity contribution in [3.05, 3.63) is 0 Å². The van der Waals surface area contributed by atoms with E-state index < -0.39 is 7.82 Å². The molecule has 170 valence electrons. The zero-order valence-electron chi connectivity index (χ0n) is 17.9. The van der Waals surface area contributed by atoms with Crippen LogP contribution in [0, 0.1) is 0 Å². The molecule has 28 heavy (non-hydrogen) atoms. The molecule has 0 aromatic heterocycles. The fraction of sp³-hybridized carbons (Fsp3) is 0.950. The third-order valence-electron chi connectivity index (χ3n) is 4.47. The molecule has 0 fully saturated rings. The van der Waals surface area contributed by atoms with Crippen LogP contribution in [0.4, 0.5) is 0 Å². The van der Waals surface area contributed by atoms with E-state index in [1.165, 1.54) is 89.9 Å². The first-order valence-corrected chi connectivity index (χ1v) is 12.6. The molecule has 7 nitrogen and oxygen atoms in total. The van der Waals surface area contributed by atoms with E-state index in [4.69, 9.17) is 25.0 Å². The van der Waals surface area contributed by atoms with Crippen LogP contribution in [0.5, 0.6) is 0 Å². The van der Waals surface area contributed by atoms with Crippen LogP contribution in [0.2, 0.25) is 0 Å². The molecule has 0 spiro atoms. The SMILES string of the molecule is CCCCCCCCCCCCCCCCCC(=O)NCCN.O=P(O)(O)O. The van der Waals surface area contributed by atoms with Crippen molar-refractivity contribution in [2.45, 2.75) is 110 Å². The average molecular weight is 425 g/mol. The lowest BCUT2D eigenvalue weighted by molar-refractivity contribution is -0.121. The maximum absolute atomic E-state index is 11.4. The summed E-state index contributed by atoms with van der Waals surface area (Å²) in [5, 5.41) is 2.82. The van der Waals surface area contributed by atoms with Crippen LogP contribution >= 0.6 is 7.82 Å². The molecule has 0 aromatic rings. The van der Waals surface area contributed by atoms with Crippen molar-refractivity contribution in [1.82, 2.24) is 5.32 Å². The molecular weight excluding hydrogens is 379 g/mol. The predicted octanol–water partition coefficient (Wildman–Crippen LogP) is 4.39. The Hall–Kier alpha value is -0.460. The maximum atomic E-state index is 11.4. The van der Waals surface area contributed by atoms with Gasteiger partial charge in [-0.1, -0.05) is 96.8 Å². The number of hydrogen-bond donors (Lipinski definition) is 5. The summed E-state index contributed by atoms with van der Waals surface area (Å²) in [6.45, 7) is 3.42. The monoisotopic (exact) mass is 424 g/mol.